The minimum absolute atomic E-state index is 0.143. The topological polar surface area (TPSA) is 28.5 Å². The fourth-order valence-corrected chi connectivity index (χ4v) is 3.80. The molecule has 0 N–H and O–H groups in total. The van der Waals surface area contributed by atoms with Gasteiger partial charge >= 0.3 is 0 Å². The molecule has 1 aliphatic heterocycles. The third-order valence-corrected chi connectivity index (χ3v) is 5.24. The van der Waals surface area contributed by atoms with Crippen LogP contribution in [0.4, 0.5) is 5.69 Å². The van der Waals surface area contributed by atoms with E-state index >= 15 is 0 Å². The van der Waals surface area contributed by atoms with E-state index in [1.807, 2.05) is 23.1 Å². The van der Waals surface area contributed by atoms with Crippen molar-refractivity contribution in [3.63, 3.8) is 0 Å². The van der Waals surface area contributed by atoms with Crippen LogP contribution in [0.1, 0.15) is 30.2 Å². The number of fused-ring (bicyclic) bond motifs is 1. The van der Waals surface area contributed by atoms with Gasteiger partial charge in [-0.05, 0) is 44.2 Å². The number of aromatic nitrogens is 1. The lowest BCUT2D eigenvalue weighted by atomic mass is 10.1. The highest BCUT2D eigenvalue weighted by Crippen LogP contribution is 2.25. The molecule has 26 heavy (non-hydrogen) atoms. The van der Waals surface area contributed by atoms with Crippen molar-refractivity contribution in [3.8, 4) is 0 Å². The van der Waals surface area contributed by atoms with Crippen molar-refractivity contribution in [2.24, 2.45) is 0 Å². The first-order valence-electron chi connectivity index (χ1n) is 9.34. The van der Waals surface area contributed by atoms with Crippen LogP contribution in [0.2, 0.25) is 0 Å². The van der Waals surface area contributed by atoms with Crippen molar-refractivity contribution >= 4 is 22.5 Å². The second kappa shape index (κ2) is 6.87. The van der Waals surface area contributed by atoms with Crippen molar-refractivity contribution in [2.45, 2.75) is 19.9 Å². The summed E-state index contributed by atoms with van der Waals surface area (Å²) in [5.74, 6) is 0.143. The Balaban J connectivity index is 1.53. The second-order valence-corrected chi connectivity index (χ2v) is 7.17. The van der Waals surface area contributed by atoms with E-state index in [0.29, 0.717) is 6.04 Å². The number of carbonyl (C=O) groups excluding carboxylic acids is 1. The summed E-state index contributed by atoms with van der Waals surface area (Å²) < 4.78 is 2.22. The molecule has 0 bridgehead atoms. The lowest BCUT2D eigenvalue weighted by molar-refractivity contribution is 0.0749. The second-order valence-electron chi connectivity index (χ2n) is 7.17. The first-order valence-corrected chi connectivity index (χ1v) is 9.34. The molecular formula is C22H25N3O. The maximum atomic E-state index is 13.1. The van der Waals surface area contributed by atoms with Gasteiger partial charge in [-0.3, -0.25) is 4.79 Å². The SMILES string of the molecule is CC(C)n1ccc2c(C(=O)N3CCN(c4ccccc4)CC3)cccc21. The Kier molecular flexibility index (Phi) is 4.41. The summed E-state index contributed by atoms with van der Waals surface area (Å²) in [6.07, 6.45) is 2.08. The Morgan fingerprint density at radius 2 is 1.62 bits per heavy atom. The highest BCUT2D eigenvalue weighted by atomic mass is 16.2. The van der Waals surface area contributed by atoms with Crippen LogP contribution in [0.3, 0.4) is 0 Å². The molecule has 1 aromatic heterocycles. The van der Waals surface area contributed by atoms with Gasteiger partial charge in [0.05, 0.1) is 0 Å². The van der Waals surface area contributed by atoms with Gasteiger partial charge in [-0.25, -0.2) is 0 Å². The average molecular weight is 347 g/mol. The molecule has 0 saturated carbocycles. The number of piperazine rings is 1. The third kappa shape index (κ3) is 2.96. The summed E-state index contributed by atoms with van der Waals surface area (Å²) in [6.45, 7) is 7.59. The maximum absolute atomic E-state index is 13.1. The molecule has 0 unspecified atom stereocenters. The van der Waals surface area contributed by atoms with Crippen LogP contribution in [0.5, 0.6) is 0 Å². The molecule has 4 rings (SSSR count). The standard InChI is InChI=1S/C22H25N3O/c1-17(2)25-12-11-19-20(9-6-10-21(19)25)22(26)24-15-13-23(14-16-24)18-7-4-3-5-8-18/h3-12,17H,13-16H2,1-2H3. The normalized spacial score (nSPS) is 15.0. The van der Waals surface area contributed by atoms with Gasteiger partial charge in [-0.2, -0.15) is 0 Å². The highest BCUT2D eigenvalue weighted by molar-refractivity contribution is 6.06. The molecule has 0 spiro atoms. The average Bonchev–Trinajstić information content (AvgIpc) is 3.13. The Bertz CT molecular complexity index is 906. The number of nitrogens with zero attached hydrogens (tertiary/aromatic N) is 3. The quantitative estimate of drug-likeness (QED) is 0.711. The number of amides is 1. The molecule has 3 aromatic rings. The summed E-state index contributed by atoms with van der Waals surface area (Å²) >= 11 is 0. The maximum Gasteiger partial charge on any atom is 0.254 e. The smallest absolute Gasteiger partial charge is 0.254 e. The van der Waals surface area contributed by atoms with Crippen LogP contribution < -0.4 is 4.90 Å². The van der Waals surface area contributed by atoms with Crippen molar-refractivity contribution in [3.05, 3.63) is 66.4 Å². The number of para-hydroxylation sites is 1. The molecule has 4 heteroatoms. The van der Waals surface area contributed by atoms with Gasteiger partial charge in [0.15, 0.2) is 0 Å². The van der Waals surface area contributed by atoms with Crippen LogP contribution >= 0.6 is 0 Å². The first kappa shape index (κ1) is 16.7. The van der Waals surface area contributed by atoms with E-state index in [0.717, 1.165) is 42.6 Å². The van der Waals surface area contributed by atoms with E-state index in [4.69, 9.17) is 0 Å². The van der Waals surface area contributed by atoms with Crippen LogP contribution in [0, 0.1) is 0 Å². The van der Waals surface area contributed by atoms with Crippen molar-refractivity contribution < 1.29 is 4.79 Å². The van der Waals surface area contributed by atoms with E-state index in [2.05, 4.69) is 65.9 Å². The predicted octanol–water partition coefficient (Wildman–Crippen LogP) is 4.18. The minimum Gasteiger partial charge on any atom is -0.368 e. The molecule has 1 aliphatic rings. The summed E-state index contributed by atoms with van der Waals surface area (Å²) in [6, 6.07) is 18.9. The zero-order valence-electron chi connectivity index (χ0n) is 15.4. The Hall–Kier alpha value is -2.75. The summed E-state index contributed by atoms with van der Waals surface area (Å²) in [5.41, 5.74) is 3.18. The third-order valence-electron chi connectivity index (χ3n) is 5.24. The van der Waals surface area contributed by atoms with Crippen molar-refractivity contribution in [2.75, 3.05) is 31.1 Å². The zero-order valence-corrected chi connectivity index (χ0v) is 15.4. The monoisotopic (exact) mass is 347 g/mol. The molecule has 1 fully saturated rings. The Morgan fingerprint density at radius 3 is 2.31 bits per heavy atom. The minimum atomic E-state index is 0.143. The number of carbonyl (C=O) groups is 1. The summed E-state index contributed by atoms with van der Waals surface area (Å²) in [7, 11) is 0. The Labute approximate surface area is 154 Å². The molecule has 0 radical (unpaired) electrons. The van der Waals surface area contributed by atoms with E-state index in [1.165, 1.54) is 5.69 Å². The first-order chi connectivity index (χ1) is 12.6. The van der Waals surface area contributed by atoms with Gasteiger partial charge in [0, 0.05) is 60.6 Å². The van der Waals surface area contributed by atoms with E-state index in [1.54, 1.807) is 0 Å². The largest absolute Gasteiger partial charge is 0.368 e. The zero-order chi connectivity index (χ0) is 18.1. The van der Waals surface area contributed by atoms with Crippen LogP contribution in [0.25, 0.3) is 10.9 Å². The molecule has 1 saturated heterocycles. The van der Waals surface area contributed by atoms with Gasteiger partial charge in [0.25, 0.3) is 5.91 Å². The molecule has 1 amide bonds. The number of benzene rings is 2. The molecule has 0 aliphatic carbocycles. The number of hydrogen-bond donors (Lipinski definition) is 0. The fraction of sp³-hybridized carbons (Fsp3) is 0.318. The van der Waals surface area contributed by atoms with Gasteiger partial charge < -0.3 is 14.4 Å². The Morgan fingerprint density at radius 1 is 0.885 bits per heavy atom. The van der Waals surface area contributed by atoms with E-state index in [9.17, 15) is 4.79 Å². The molecule has 134 valence electrons. The van der Waals surface area contributed by atoms with Crippen LogP contribution in [0.15, 0.2) is 60.8 Å². The lowest BCUT2D eigenvalue weighted by Gasteiger charge is -2.36. The van der Waals surface area contributed by atoms with Gasteiger partial charge in [0.1, 0.15) is 0 Å². The molecular weight excluding hydrogens is 322 g/mol. The molecule has 2 aromatic carbocycles. The van der Waals surface area contributed by atoms with E-state index < -0.39 is 0 Å². The fourth-order valence-electron chi connectivity index (χ4n) is 3.80. The highest BCUT2D eigenvalue weighted by Gasteiger charge is 2.24. The van der Waals surface area contributed by atoms with Gasteiger partial charge in [-0.15, -0.1) is 0 Å². The molecule has 0 atom stereocenters. The number of hydrogen-bond acceptors (Lipinski definition) is 2. The predicted molar refractivity (Wildman–Crippen MR) is 107 cm³/mol. The van der Waals surface area contributed by atoms with E-state index in [-0.39, 0.29) is 5.91 Å². The van der Waals surface area contributed by atoms with Crippen LogP contribution in [-0.4, -0.2) is 41.6 Å². The van der Waals surface area contributed by atoms with Crippen LogP contribution in [-0.2, 0) is 0 Å². The van der Waals surface area contributed by atoms with Gasteiger partial charge in [0.2, 0.25) is 0 Å². The summed E-state index contributed by atoms with van der Waals surface area (Å²) in [4.78, 5) is 17.5. The van der Waals surface area contributed by atoms with Gasteiger partial charge in [-0.1, -0.05) is 24.3 Å². The number of rotatable bonds is 3. The molecule has 2 heterocycles. The summed E-state index contributed by atoms with van der Waals surface area (Å²) in [5, 5.41) is 1.05. The molecule has 4 nitrogen and oxygen atoms in total. The number of anilines is 1. The lowest BCUT2D eigenvalue weighted by Crippen LogP contribution is -2.48. The van der Waals surface area contributed by atoms with Crippen molar-refractivity contribution in [1.29, 1.82) is 0 Å². The van der Waals surface area contributed by atoms with Crippen molar-refractivity contribution in [1.82, 2.24) is 9.47 Å².